The number of nitrogens with two attached hydrogens (primary N) is 1. The number of phosphoric acid groups is 1. The molecule has 1 atom stereocenters. The maximum Gasteiger partial charge on any atom is 0.476 e. The molecule has 0 aliphatic carbocycles. The largest absolute Gasteiger partial charge is 0.476 e. The zero-order chi connectivity index (χ0) is 20.9. The molecule has 1 rings (SSSR count). The lowest BCUT2D eigenvalue weighted by atomic mass is 10.1. The third kappa shape index (κ3) is 9.49. The molecule has 0 amide bonds. The van der Waals surface area contributed by atoms with Gasteiger partial charge in [-0.15, -0.1) is 0 Å². The molecule has 8 heteroatoms. The summed E-state index contributed by atoms with van der Waals surface area (Å²) in [6.45, 7) is 10.8. The average molecular weight is 401 g/mol. The lowest BCUT2D eigenvalue weighted by Gasteiger charge is -2.30. The number of hydrogen-bond donors (Lipinski definition) is 1. The Kier molecular flexibility index (Phi) is 8.20. The molecule has 0 bridgehead atoms. The van der Waals surface area contributed by atoms with Crippen molar-refractivity contribution in [2.75, 3.05) is 7.11 Å². The number of rotatable bonds is 8. The minimum Gasteiger partial charge on any atom is -0.468 e. The first-order valence-electron chi connectivity index (χ1n) is 8.80. The van der Waals surface area contributed by atoms with Crippen LogP contribution in [0.1, 0.15) is 52.7 Å². The van der Waals surface area contributed by atoms with E-state index in [1.165, 1.54) is 7.11 Å². The molecule has 7 nitrogen and oxygen atoms in total. The first-order valence-corrected chi connectivity index (χ1v) is 10.3. The second-order valence-electron chi connectivity index (χ2n) is 8.28. The highest BCUT2D eigenvalue weighted by Crippen LogP contribution is 2.55. The molecule has 0 saturated carbocycles. The van der Waals surface area contributed by atoms with Gasteiger partial charge in [0.1, 0.15) is 6.04 Å². The molecule has 0 spiro atoms. The van der Waals surface area contributed by atoms with Crippen molar-refractivity contribution in [1.29, 1.82) is 0 Å². The smallest absolute Gasteiger partial charge is 0.468 e. The summed E-state index contributed by atoms with van der Waals surface area (Å²) in [5, 5.41) is 0. The highest BCUT2D eigenvalue weighted by Gasteiger charge is 2.37. The Labute approximate surface area is 162 Å². The van der Waals surface area contributed by atoms with Gasteiger partial charge in [0.2, 0.25) is 0 Å². The Balaban J connectivity index is 2.78. The molecule has 1 aromatic rings. The highest BCUT2D eigenvalue weighted by atomic mass is 31.2. The molecule has 0 fully saturated rings. The number of benzene rings is 1. The van der Waals surface area contributed by atoms with Crippen LogP contribution < -0.4 is 5.73 Å². The second-order valence-corrected chi connectivity index (χ2v) is 9.80. The van der Waals surface area contributed by atoms with Crippen LogP contribution in [0.5, 0.6) is 0 Å². The molecule has 154 valence electrons. The molecule has 0 radical (unpaired) electrons. The van der Waals surface area contributed by atoms with Gasteiger partial charge in [0.15, 0.2) is 0 Å². The van der Waals surface area contributed by atoms with Gasteiger partial charge in [-0.05, 0) is 59.1 Å². The molecular weight excluding hydrogens is 369 g/mol. The van der Waals surface area contributed by atoms with Gasteiger partial charge < -0.3 is 10.5 Å². The third-order valence-corrected chi connectivity index (χ3v) is 5.13. The Morgan fingerprint density at radius 2 is 1.44 bits per heavy atom. The summed E-state index contributed by atoms with van der Waals surface area (Å²) >= 11 is 0. The van der Waals surface area contributed by atoms with E-state index in [9.17, 15) is 9.36 Å². The molecule has 0 unspecified atom stereocenters. The van der Waals surface area contributed by atoms with E-state index in [1.807, 2.05) is 24.3 Å². The van der Waals surface area contributed by atoms with Gasteiger partial charge >= 0.3 is 13.8 Å². The molecule has 0 aromatic heterocycles. The normalized spacial score (nSPS) is 14.1. The quantitative estimate of drug-likeness (QED) is 0.520. The Bertz CT molecular complexity index is 640. The summed E-state index contributed by atoms with van der Waals surface area (Å²) in [6.07, 6.45) is 0.368. The van der Waals surface area contributed by atoms with Crippen molar-refractivity contribution in [2.24, 2.45) is 5.73 Å². The lowest BCUT2D eigenvalue weighted by molar-refractivity contribution is -0.142. The van der Waals surface area contributed by atoms with Gasteiger partial charge in [0.25, 0.3) is 0 Å². The van der Waals surface area contributed by atoms with E-state index in [-0.39, 0.29) is 6.61 Å². The topological polar surface area (TPSA) is 97.1 Å². The minimum absolute atomic E-state index is 0.0623. The molecule has 1 aromatic carbocycles. The lowest BCUT2D eigenvalue weighted by Crippen LogP contribution is -2.33. The Morgan fingerprint density at radius 1 is 1.00 bits per heavy atom. The third-order valence-electron chi connectivity index (χ3n) is 3.14. The highest BCUT2D eigenvalue weighted by molar-refractivity contribution is 7.48. The summed E-state index contributed by atoms with van der Waals surface area (Å²) in [7, 11) is -2.45. The van der Waals surface area contributed by atoms with Crippen molar-refractivity contribution in [3.05, 3.63) is 35.4 Å². The first-order chi connectivity index (χ1) is 12.2. The maximum atomic E-state index is 13.0. The SMILES string of the molecule is COC(=O)[C@H](N)Cc1ccc(COP(=O)(OC(C)(C)C)OC(C)(C)C)cc1. The Morgan fingerprint density at radius 3 is 1.85 bits per heavy atom. The van der Waals surface area contributed by atoms with Crippen LogP contribution in [-0.4, -0.2) is 30.3 Å². The van der Waals surface area contributed by atoms with Gasteiger partial charge in [0, 0.05) is 0 Å². The van der Waals surface area contributed by atoms with Crippen LogP contribution in [0.2, 0.25) is 0 Å². The van der Waals surface area contributed by atoms with Crippen LogP contribution in [0, 0.1) is 0 Å². The molecule has 0 aliphatic heterocycles. The van der Waals surface area contributed by atoms with Crippen molar-refractivity contribution in [2.45, 2.75) is 71.8 Å². The molecule has 2 N–H and O–H groups in total. The van der Waals surface area contributed by atoms with E-state index in [1.54, 1.807) is 41.5 Å². The number of phosphoric ester groups is 1. The van der Waals surface area contributed by atoms with Crippen LogP contribution in [0.15, 0.2) is 24.3 Å². The van der Waals surface area contributed by atoms with Crippen LogP contribution in [-0.2, 0) is 40.7 Å². The van der Waals surface area contributed by atoms with Crippen LogP contribution >= 0.6 is 7.82 Å². The monoisotopic (exact) mass is 401 g/mol. The van der Waals surface area contributed by atoms with Gasteiger partial charge in [-0.3, -0.25) is 18.4 Å². The molecule has 0 saturated heterocycles. The van der Waals surface area contributed by atoms with E-state index >= 15 is 0 Å². The van der Waals surface area contributed by atoms with Crippen LogP contribution in [0.25, 0.3) is 0 Å². The first kappa shape index (κ1) is 23.8. The maximum absolute atomic E-state index is 13.0. The van der Waals surface area contributed by atoms with Gasteiger partial charge in [-0.25, -0.2) is 4.57 Å². The minimum atomic E-state index is -3.76. The van der Waals surface area contributed by atoms with Gasteiger partial charge in [0.05, 0.1) is 24.9 Å². The number of ether oxygens (including phenoxy) is 1. The average Bonchev–Trinajstić information content (AvgIpc) is 2.49. The molecular formula is C19H32NO6P. The number of hydrogen-bond acceptors (Lipinski definition) is 7. The van der Waals surface area contributed by atoms with Crippen molar-refractivity contribution in [1.82, 2.24) is 0 Å². The van der Waals surface area contributed by atoms with E-state index in [2.05, 4.69) is 4.74 Å². The van der Waals surface area contributed by atoms with E-state index in [4.69, 9.17) is 19.3 Å². The van der Waals surface area contributed by atoms with Crippen LogP contribution in [0.3, 0.4) is 0 Å². The van der Waals surface area contributed by atoms with Crippen molar-refractivity contribution < 1.29 is 27.7 Å². The molecule has 0 aliphatic rings. The predicted octanol–water partition coefficient (Wildman–Crippen LogP) is 3.98. The number of carbonyl (C=O) groups excluding carboxylic acids is 1. The van der Waals surface area contributed by atoms with Crippen molar-refractivity contribution in [3.8, 4) is 0 Å². The standard InChI is InChI=1S/C19H32NO6P/c1-18(2,3)25-27(22,26-19(4,5)6)24-13-15-10-8-14(9-11-15)12-16(20)17(21)23-7/h8-11,16H,12-13,20H2,1-7H3/t16-/m1/s1. The summed E-state index contributed by atoms with van der Waals surface area (Å²) in [5.74, 6) is -0.456. The molecule has 27 heavy (non-hydrogen) atoms. The van der Waals surface area contributed by atoms with E-state index < -0.39 is 31.0 Å². The fourth-order valence-electron chi connectivity index (χ4n) is 2.16. The fraction of sp³-hybridized carbons (Fsp3) is 0.632. The van der Waals surface area contributed by atoms with Crippen molar-refractivity contribution >= 4 is 13.8 Å². The summed E-state index contributed by atoms with van der Waals surface area (Å²) in [4.78, 5) is 11.4. The molecule has 0 heterocycles. The summed E-state index contributed by atoms with van der Waals surface area (Å²) in [5.41, 5.74) is 6.07. The second kappa shape index (κ2) is 9.30. The van der Waals surface area contributed by atoms with Crippen molar-refractivity contribution in [3.63, 3.8) is 0 Å². The van der Waals surface area contributed by atoms with E-state index in [0.29, 0.717) is 6.42 Å². The summed E-state index contributed by atoms with van der Waals surface area (Å²) in [6, 6.07) is 6.59. The van der Waals surface area contributed by atoms with Gasteiger partial charge in [-0.1, -0.05) is 24.3 Å². The predicted molar refractivity (Wildman–Crippen MR) is 104 cm³/mol. The Hall–Kier alpha value is -1.24. The fourth-order valence-corrected chi connectivity index (χ4v) is 3.95. The zero-order valence-electron chi connectivity index (χ0n) is 17.3. The number of esters is 1. The summed E-state index contributed by atoms with van der Waals surface area (Å²) < 4.78 is 34.3. The van der Waals surface area contributed by atoms with Crippen LogP contribution in [0.4, 0.5) is 0 Å². The zero-order valence-corrected chi connectivity index (χ0v) is 18.2. The van der Waals surface area contributed by atoms with Gasteiger partial charge in [-0.2, -0.15) is 0 Å². The van der Waals surface area contributed by atoms with E-state index in [0.717, 1.165) is 11.1 Å². The number of methoxy groups -OCH3 is 1. The number of carbonyl (C=O) groups is 1.